The van der Waals surface area contributed by atoms with Gasteiger partial charge in [-0.25, -0.2) is 0 Å². The summed E-state index contributed by atoms with van der Waals surface area (Å²) >= 11 is 0. The van der Waals surface area contributed by atoms with Crippen LogP contribution >= 0.6 is 0 Å². The molecule has 2 nitrogen and oxygen atoms in total. The van der Waals surface area contributed by atoms with Crippen LogP contribution in [-0.4, -0.2) is 9.55 Å². The minimum absolute atomic E-state index is 0.458. The Bertz CT molecular complexity index is 3460. The van der Waals surface area contributed by atoms with Gasteiger partial charge < -0.3 is 4.57 Å². The molecule has 0 amide bonds. The maximum Gasteiger partial charge on any atom is 0.0781 e. The van der Waals surface area contributed by atoms with Gasteiger partial charge in [-0.05, 0) is 104 Å². The summed E-state index contributed by atoms with van der Waals surface area (Å²) in [5.74, 6) is 0. The van der Waals surface area contributed by atoms with E-state index in [4.69, 9.17) is 4.98 Å². The fourth-order valence-corrected chi connectivity index (χ4v) is 10.7. The van der Waals surface area contributed by atoms with Crippen LogP contribution in [-0.2, 0) is 5.41 Å². The number of para-hydroxylation sites is 1. The van der Waals surface area contributed by atoms with Crippen LogP contribution in [0.2, 0.25) is 0 Å². The number of rotatable bonds is 5. The molecule has 0 N–H and O–H groups in total. The summed E-state index contributed by atoms with van der Waals surface area (Å²) < 4.78 is 2.41. The summed E-state index contributed by atoms with van der Waals surface area (Å²) in [6.45, 7) is 0. The molecule has 60 heavy (non-hydrogen) atoms. The molecule has 2 heteroatoms. The first-order chi connectivity index (χ1) is 29.8. The normalized spacial score (nSPS) is 13.1. The Labute approximate surface area is 348 Å². The Morgan fingerprint density at radius 3 is 1.60 bits per heavy atom. The third-order valence-corrected chi connectivity index (χ3v) is 13.3. The largest absolute Gasteiger partial charge is 0.309 e. The number of hydrogen-bond acceptors (Lipinski definition) is 1. The topological polar surface area (TPSA) is 17.8 Å². The third kappa shape index (κ3) is 4.50. The van der Waals surface area contributed by atoms with Crippen LogP contribution in [0.5, 0.6) is 0 Å². The van der Waals surface area contributed by atoms with Gasteiger partial charge in [0, 0.05) is 44.6 Å². The predicted molar refractivity (Wildman–Crippen MR) is 249 cm³/mol. The van der Waals surface area contributed by atoms with Gasteiger partial charge in [0.05, 0.1) is 22.1 Å². The lowest BCUT2D eigenvalue weighted by atomic mass is 9.67. The lowest BCUT2D eigenvalue weighted by molar-refractivity contribution is 0.769. The second-order valence-electron chi connectivity index (χ2n) is 16.2. The maximum atomic E-state index is 5.20. The maximum absolute atomic E-state index is 5.20. The van der Waals surface area contributed by atoms with Gasteiger partial charge >= 0.3 is 0 Å². The molecule has 0 radical (unpaired) electrons. The highest BCUT2D eigenvalue weighted by Crippen LogP contribution is 2.57. The SMILES string of the molecule is c1ccc(-n2c3ccc(-c4ccc5c(c4)C(c4ccccc4)(c4ccccc4)c4ccccc4-5)cc3c3cc(-c4ncc5c6c(cccc46)-c4ccccc4-5)ccc32)cc1. The molecule has 2 aliphatic carbocycles. The Kier molecular flexibility index (Phi) is 6.97. The number of benzene rings is 9. The molecule has 0 saturated heterocycles. The molecule has 13 rings (SSSR count). The van der Waals surface area contributed by atoms with Gasteiger partial charge in [-0.2, -0.15) is 0 Å². The molecular formula is C58H36N2. The van der Waals surface area contributed by atoms with Crippen molar-refractivity contribution in [1.29, 1.82) is 0 Å². The Hall–Kier alpha value is -7.81. The van der Waals surface area contributed by atoms with Crippen LogP contribution in [0.15, 0.2) is 219 Å². The molecule has 0 bridgehead atoms. The van der Waals surface area contributed by atoms with Gasteiger partial charge in [-0.3, -0.25) is 4.98 Å². The molecule has 0 fully saturated rings. The Balaban J connectivity index is 1.03. The lowest BCUT2D eigenvalue weighted by Crippen LogP contribution is -2.28. The summed E-state index contributed by atoms with van der Waals surface area (Å²) in [5, 5.41) is 4.90. The van der Waals surface area contributed by atoms with E-state index < -0.39 is 5.41 Å². The van der Waals surface area contributed by atoms with Crippen molar-refractivity contribution in [3.8, 4) is 61.5 Å². The standard InChI is InChI=1S/C58H36N2/c1-4-15-40(16-5-1)58(41-17-6-2-7-18-41)52-26-13-12-23-45(52)46-30-27-38(35-53(46)58)37-28-31-54-49(33-37)50-34-39(29-32-55(50)60(54)42-19-8-3-9-20-42)57-48-25-14-24-47-43-21-10-11-22-44(43)51(36-59-57)56(47)48/h1-36H. The van der Waals surface area contributed by atoms with Crippen LogP contribution < -0.4 is 0 Å². The van der Waals surface area contributed by atoms with Crippen molar-refractivity contribution in [2.24, 2.45) is 0 Å². The fraction of sp³-hybridized carbons (Fsp3) is 0.0172. The molecule has 2 aliphatic rings. The van der Waals surface area contributed by atoms with E-state index in [0.29, 0.717) is 0 Å². The van der Waals surface area contributed by atoms with Crippen LogP contribution in [0, 0.1) is 0 Å². The van der Waals surface area contributed by atoms with Crippen molar-refractivity contribution in [3.05, 3.63) is 241 Å². The minimum atomic E-state index is -0.458. The van der Waals surface area contributed by atoms with Crippen LogP contribution in [0.4, 0.5) is 0 Å². The zero-order valence-corrected chi connectivity index (χ0v) is 32.7. The second-order valence-corrected chi connectivity index (χ2v) is 16.2. The number of pyridine rings is 1. The van der Waals surface area contributed by atoms with Gasteiger partial charge in [0.2, 0.25) is 0 Å². The van der Waals surface area contributed by atoms with Crippen LogP contribution in [0.3, 0.4) is 0 Å². The highest BCUT2D eigenvalue weighted by molar-refractivity contribution is 6.18. The summed E-state index contributed by atoms with van der Waals surface area (Å²) in [5.41, 5.74) is 20.4. The average Bonchev–Trinajstić information content (AvgIpc) is 3.94. The van der Waals surface area contributed by atoms with E-state index in [-0.39, 0.29) is 0 Å². The smallest absolute Gasteiger partial charge is 0.0781 e. The first-order valence-electron chi connectivity index (χ1n) is 20.8. The molecule has 0 unspecified atom stereocenters. The third-order valence-electron chi connectivity index (χ3n) is 13.3. The Morgan fingerprint density at radius 1 is 0.350 bits per heavy atom. The van der Waals surface area contributed by atoms with Crippen molar-refractivity contribution >= 4 is 32.6 Å². The van der Waals surface area contributed by atoms with E-state index in [2.05, 4.69) is 223 Å². The van der Waals surface area contributed by atoms with E-state index >= 15 is 0 Å². The second kappa shape index (κ2) is 12.6. The van der Waals surface area contributed by atoms with Crippen LogP contribution in [0.25, 0.3) is 94.0 Å². The van der Waals surface area contributed by atoms with E-state index in [1.54, 1.807) is 0 Å². The summed E-state index contributed by atoms with van der Waals surface area (Å²) in [6, 6.07) is 78.3. The molecule has 0 spiro atoms. The van der Waals surface area contributed by atoms with Gasteiger partial charge in [0.25, 0.3) is 0 Å². The highest BCUT2D eigenvalue weighted by atomic mass is 15.0. The molecule has 0 saturated carbocycles. The Morgan fingerprint density at radius 2 is 0.883 bits per heavy atom. The van der Waals surface area contributed by atoms with E-state index in [1.807, 2.05) is 0 Å². The molecule has 278 valence electrons. The van der Waals surface area contributed by atoms with E-state index in [9.17, 15) is 0 Å². The number of hydrogen-bond donors (Lipinski definition) is 0. The van der Waals surface area contributed by atoms with E-state index in [1.165, 1.54) is 99.3 Å². The van der Waals surface area contributed by atoms with E-state index in [0.717, 1.165) is 16.9 Å². The zero-order chi connectivity index (χ0) is 39.4. The quantitative estimate of drug-likeness (QED) is 0.171. The minimum Gasteiger partial charge on any atom is -0.309 e. The number of fused-ring (bicyclic) bond motifs is 9. The molecular weight excluding hydrogens is 725 g/mol. The molecule has 0 atom stereocenters. The van der Waals surface area contributed by atoms with Gasteiger partial charge in [-0.15, -0.1) is 0 Å². The van der Waals surface area contributed by atoms with Crippen molar-refractivity contribution in [2.75, 3.05) is 0 Å². The number of aromatic nitrogens is 2. The van der Waals surface area contributed by atoms with Crippen LogP contribution in [0.1, 0.15) is 22.3 Å². The predicted octanol–water partition coefficient (Wildman–Crippen LogP) is 14.7. The molecule has 0 aliphatic heterocycles. The monoisotopic (exact) mass is 760 g/mol. The van der Waals surface area contributed by atoms with Gasteiger partial charge in [-0.1, -0.05) is 170 Å². The molecule has 2 heterocycles. The van der Waals surface area contributed by atoms with Gasteiger partial charge in [0.15, 0.2) is 0 Å². The summed E-state index contributed by atoms with van der Waals surface area (Å²) in [4.78, 5) is 5.20. The molecule has 9 aromatic carbocycles. The highest BCUT2D eigenvalue weighted by Gasteiger charge is 2.46. The fourth-order valence-electron chi connectivity index (χ4n) is 10.7. The molecule has 2 aromatic heterocycles. The summed E-state index contributed by atoms with van der Waals surface area (Å²) in [7, 11) is 0. The van der Waals surface area contributed by atoms with Gasteiger partial charge in [0.1, 0.15) is 0 Å². The molecule has 11 aromatic rings. The first kappa shape index (κ1) is 33.2. The van der Waals surface area contributed by atoms with Crippen molar-refractivity contribution in [2.45, 2.75) is 5.41 Å². The van der Waals surface area contributed by atoms with Crippen molar-refractivity contribution < 1.29 is 0 Å². The summed E-state index contributed by atoms with van der Waals surface area (Å²) in [6.07, 6.45) is 2.08. The first-order valence-corrected chi connectivity index (χ1v) is 20.8. The van der Waals surface area contributed by atoms with Crippen molar-refractivity contribution in [1.82, 2.24) is 9.55 Å². The average molecular weight is 761 g/mol. The lowest BCUT2D eigenvalue weighted by Gasteiger charge is -2.34. The zero-order valence-electron chi connectivity index (χ0n) is 32.7. The van der Waals surface area contributed by atoms with Crippen molar-refractivity contribution in [3.63, 3.8) is 0 Å². The number of nitrogens with zero attached hydrogens (tertiary/aromatic N) is 2.